The summed E-state index contributed by atoms with van der Waals surface area (Å²) in [6, 6.07) is 0. The highest BCUT2D eigenvalue weighted by molar-refractivity contribution is 5.38. The van der Waals surface area contributed by atoms with Crippen molar-refractivity contribution in [3.05, 3.63) is 34.9 Å². The molecule has 0 spiro atoms. The first-order chi connectivity index (χ1) is 13.3. The van der Waals surface area contributed by atoms with Crippen LogP contribution >= 0.6 is 0 Å². The van der Waals surface area contributed by atoms with Gasteiger partial charge in [-0.05, 0) is 106 Å². The summed E-state index contributed by atoms with van der Waals surface area (Å²) in [6.45, 7) is 12.1. The first kappa shape index (κ1) is 20.5. The Kier molecular flexibility index (Phi) is 5.45. The van der Waals surface area contributed by atoms with E-state index in [1.54, 1.807) is 5.57 Å². The Morgan fingerprint density at radius 3 is 2.64 bits per heavy atom. The van der Waals surface area contributed by atoms with E-state index in [1.165, 1.54) is 56.1 Å². The van der Waals surface area contributed by atoms with Crippen LogP contribution in [0.1, 0.15) is 92.4 Å². The second kappa shape index (κ2) is 7.46. The van der Waals surface area contributed by atoms with E-state index in [1.807, 2.05) is 0 Å². The van der Waals surface area contributed by atoms with Crippen molar-refractivity contribution in [2.45, 2.75) is 98.5 Å². The fraction of sp³-hybridized carbons (Fsp3) is 0.778. The van der Waals surface area contributed by atoms with Gasteiger partial charge in [0.2, 0.25) is 0 Å². The number of rotatable bonds is 4. The average Bonchev–Trinajstić information content (AvgIpc) is 2.99. The molecule has 0 aromatic rings. The summed E-state index contributed by atoms with van der Waals surface area (Å²) in [7, 11) is 0. The van der Waals surface area contributed by atoms with E-state index in [0.29, 0.717) is 10.8 Å². The molecule has 4 aliphatic carbocycles. The zero-order valence-corrected chi connectivity index (χ0v) is 18.9. The third-order valence-electron chi connectivity index (χ3n) is 9.48. The van der Waals surface area contributed by atoms with Gasteiger partial charge in [0.05, 0.1) is 6.10 Å². The van der Waals surface area contributed by atoms with E-state index in [0.717, 1.165) is 36.5 Å². The van der Waals surface area contributed by atoms with Gasteiger partial charge >= 0.3 is 0 Å². The van der Waals surface area contributed by atoms with Crippen molar-refractivity contribution in [1.29, 1.82) is 0 Å². The normalized spacial score (nSPS) is 43.2. The quantitative estimate of drug-likeness (QED) is 0.508. The fourth-order valence-corrected chi connectivity index (χ4v) is 7.79. The lowest BCUT2D eigenvalue weighted by molar-refractivity contribution is 0.0328. The number of aliphatic hydroxyl groups is 1. The van der Waals surface area contributed by atoms with Crippen molar-refractivity contribution in [3.8, 4) is 0 Å². The maximum Gasteiger partial charge on any atom is 0.0578 e. The summed E-state index contributed by atoms with van der Waals surface area (Å²) in [6.07, 6.45) is 18.5. The van der Waals surface area contributed by atoms with E-state index >= 15 is 0 Å². The van der Waals surface area contributed by atoms with Crippen molar-refractivity contribution in [2.75, 3.05) is 0 Å². The lowest BCUT2D eigenvalue weighted by Gasteiger charge is -2.55. The lowest BCUT2D eigenvalue weighted by atomic mass is 9.50. The molecule has 0 amide bonds. The second-order valence-electron chi connectivity index (χ2n) is 11.3. The van der Waals surface area contributed by atoms with Crippen molar-refractivity contribution in [1.82, 2.24) is 0 Å². The summed E-state index contributed by atoms with van der Waals surface area (Å²) in [4.78, 5) is 0. The van der Waals surface area contributed by atoms with E-state index in [2.05, 4.69) is 52.8 Å². The highest BCUT2D eigenvalue weighted by Gasteiger charge is 2.56. The topological polar surface area (TPSA) is 20.2 Å². The predicted molar refractivity (Wildman–Crippen MR) is 119 cm³/mol. The molecule has 7 atom stereocenters. The molecule has 1 N–H and O–H groups in total. The van der Waals surface area contributed by atoms with E-state index in [-0.39, 0.29) is 6.10 Å². The second-order valence-corrected chi connectivity index (χ2v) is 11.3. The van der Waals surface area contributed by atoms with Crippen LogP contribution in [-0.4, -0.2) is 11.2 Å². The van der Waals surface area contributed by atoms with Crippen LogP contribution in [0.2, 0.25) is 0 Å². The molecule has 3 saturated carbocycles. The third-order valence-corrected chi connectivity index (χ3v) is 9.48. The molecule has 156 valence electrons. The van der Waals surface area contributed by atoms with E-state index in [4.69, 9.17) is 0 Å². The first-order valence-corrected chi connectivity index (χ1v) is 12.0. The average molecular weight is 383 g/mol. The number of hydrogen-bond donors (Lipinski definition) is 1. The summed E-state index contributed by atoms with van der Waals surface area (Å²) in [5, 5.41) is 10.2. The molecule has 0 heterocycles. The highest BCUT2D eigenvalue weighted by atomic mass is 16.3. The molecule has 1 heteroatoms. The molecule has 4 rings (SSSR count). The van der Waals surface area contributed by atoms with Crippen molar-refractivity contribution >= 4 is 0 Å². The van der Waals surface area contributed by atoms with Gasteiger partial charge in [-0.15, -0.1) is 0 Å². The molecule has 0 bridgehead atoms. The molecular formula is C27H42O. The van der Waals surface area contributed by atoms with Crippen LogP contribution in [0.15, 0.2) is 34.9 Å². The summed E-state index contributed by atoms with van der Waals surface area (Å²) >= 11 is 0. The molecule has 4 unspecified atom stereocenters. The summed E-state index contributed by atoms with van der Waals surface area (Å²) in [5.74, 6) is 3.25. The van der Waals surface area contributed by atoms with Crippen LogP contribution in [0.25, 0.3) is 0 Å². The van der Waals surface area contributed by atoms with Gasteiger partial charge in [0.25, 0.3) is 0 Å². The summed E-state index contributed by atoms with van der Waals surface area (Å²) in [5.41, 5.74) is 5.60. The maximum absolute atomic E-state index is 10.2. The molecule has 0 aromatic carbocycles. The van der Waals surface area contributed by atoms with Crippen LogP contribution in [-0.2, 0) is 0 Å². The molecule has 0 saturated heterocycles. The molecule has 1 nitrogen and oxygen atoms in total. The zero-order valence-electron chi connectivity index (χ0n) is 18.9. The van der Waals surface area contributed by atoms with Crippen LogP contribution in [0.5, 0.6) is 0 Å². The Morgan fingerprint density at radius 1 is 1.11 bits per heavy atom. The monoisotopic (exact) mass is 382 g/mol. The van der Waals surface area contributed by atoms with Gasteiger partial charge in [-0.1, -0.05) is 55.7 Å². The number of aliphatic hydroxyl groups excluding tert-OH is 1. The van der Waals surface area contributed by atoms with E-state index < -0.39 is 0 Å². The van der Waals surface area contributed by atoms with Crippen LogP contribution in [0.3, 0.4) is 0 Å². The Morgan fingerprint density at radius 2 is 1.89 bits per heavy atom. The molecular weight excluding hydrogens is 340 g/mol. The van der Waals surface area contributed by atoms with Crippen LogP contribution in [0.4, 0.5) is 0 Å². The van der Waals surface area contributed by atoms with Crippen LogP contribution in [0, 0.1) is 34.5 Å². The lowest BCUT2D eigenvalue weighted by Crippen LogP contribution is -2.46. The van der Waals surface area contributed by atoms with Gasteiger partial charge in [0, 0.05) is 0 Å². The standard InChI is InChI=1S/C27H42O/c1-18(2)7-6-8-19(3)23-11-12-24-22-10-9-20-17-21(28)13-15-26(20,4)25(22)14-16-27(23,24)5/h7,9-10,19,21,23-25,28H,6,8,11-17H2,1-5H3/t19?,21-,23?,24?,25?,26-,27+/m0/s1. The van der Waals surface area contributed by atoms with Crippen molar-refractivity contribution in [3.63, 3.8) is 0 Å². The number of hydrogen-bond acceptors (Lipinski definition) is 1. The van der Waals surface area contributed by atoms with Gasteiger partial charge < -0.3 is 5.11 Å². The third kappa shape index (κ3) is 3.26. The zero-order chi connectivity index (χ0) is 20.1. The maximum atomic E-state index is 10.2. The van der Waals surface area contributed by atoms with Crippen molar-refractivity contribution in [2.24, 2.45) is 34.5 Å². The Hall–Kier alpha value is -0.820. The smallest absolute Gasteiger partial charge is 0.0578 e. The minimum atomic E-state index is -0.111. The van der Waals surface area contributed by atoms with E-state index in [9.17, 15) is 5.11 Å². The Balaban J connectivity index is 1.55. The Labute approximate surface area is 173 Å². The van der Waals surface area contributed by atoms with Gasteiger partial charge in [-0.3, -0.25) is 0 Å². The molecule has 28 heavy (non-hydrogen) atoms. The van der Waals surface area contributed by atoms with Gasteiger partial charge in [0.1, 0.15) is 0 Å². The predicted octanol–water partition coefficient (Wildman–Crippen LogP) is 7.23. The minimum Gasteiger partial charge on any atom is -0.393 e. The molecule has 0 aliphatic heterocycles. The van der Waals surface area contributed by atoms with Gasteiger partial charge in [-0.25, -0.2) is 0 Å². The van der Waals surface area contributed by atoms with Crippen molar-refractivity contribution < 1.29 is 5.11 Å². The summed E-state index contributed by atoms with van der Waals surface area (Å²) < 4.78 is 0. The Bertz CT molecular complexity index is 693. The van der Waals surface area contributed by atoms with Gasteiger partial charge in [0.15, 0.2) is 0 Å². The fourth-order valence-electron chi connectivity index (χ4n) is 7.79. The molecule has 0 radical (unpaired) electrons. The molecule has 0 aromatic heterocycles. The molecule has 3 fully saturated rings. The molecule has 4 aliphatic rings. The van der Waals surface area contributed by atoms with Crippen LogP contribution < -0.4 is 0 Å². The minimum absolute atomic E-state index is 0.111. The number of allylic oxidation sites excluding steroid dienone is 5. The number of fused-ring (bicyclic) bond motifs is 5. The SMILES string of the molecule is CC(C)=CCCC(C)C1CCC2C3=CC=C4C[C@@H](O)CC[C@]4(C)C3CC[C@@]21C. The van der Waals surface area contributed by atoms with Gasteiger partial charge in [-0.2, -0.15) is 0 Å². The largest absolute Gasteiger partial charge is 0.393 e. The first-order valence-electron chi connectivity index (χ1n) is 12.0. The highest BCUT2D eigenvalue weighted by Crippen LogP contribution is 2.66.